The molecule has 1 atom stereocenters. The Morgan fingerprint density at radius 2 is 1.74 bits per heavy atom. The number of hydrogen-bond acceptors (Lipinski definition) is 5. The molecule has 2 aromatic rings. The lowest BCUT2D eigenvalue weighted by molar-refractivity contribution is -0.126. The van der Waals surface area contributed by atoms with Crippen molar-refractivity contribution in [3.8, 4) is 5.75 Å². The van der Waals surface area contributed by atoms with Gasteiger partial charge in [-0.15, -0.1) is 0 Å². The summed E-state index contributed by atoms with van der Waals surface area (Å²) >= 11 is 0. The molecule has 3 rings (SSSR count). The molecule has 8 nitrogen and oxygen atoms in total. The predicted octanol–water partition coefficient (Wildman–Crippen LogP) is 4.01. The van der Waals surface area contributed by atoms with Gasteiger partial charge in [-0.1, -0.05) is 19.1 Å². The number of aromatic amines is 1. The van der Waals surface area contributed by atoms with Crippen molar-refractivity contribution in [3.05, 3.63) is 52.3 Å². The summed E-state index contributed by atoms with van der Waals surface area (Å²) in [5, 5.41) is 3.04. The second-order valence-corrected chi connectivity index (χ2v) is 9.06. The zero-order chi connectivity index (χ0) is 25.5. The molecule has 1 aromatic carbocycles. The number of esters is 1. The van der Waals surface area contributed by atoms with Gasteiger partial charge in [-0.25, -0.2) is 4.79 Å². The van der Waals surface area contributed by atoms with Gasteiger partial charge in [-0.3, -0.25) is 9.59 Å². The molecule has 1 aromatic heterocycles. The third kappa shape index (κ3) is 6.24. The van der Waals surface area contributed by atoms with Crippen LogP contribution >= 0.6 is 0 Å². The fourth-order valence-electron chi connectivity index (χ4n) is 4.67. The maximum Gasteiger partial charge on any atom is 0.340 e. The Labute approximate surface area is 207 Å². The Bertz CT molecular complexity index is 1040. The topological polar surface area (TPSA) is 101 Å². The molecule has 0 aliphatic carbocycles. The van der Waals surface area contributed by atoms with Gasteiger partial charge < -0.3 is 24.7 Å². The van der Waals surface area contributed by atoms with Crippen molar-refractivity contribution in [1.29, 1.82) is 0 Å². The van der Waals surface area contributed by atoms with Crippen molar-refractivity contribution in [1.82, 2.24) is 15.2 Å². The van der Waals surface area contributed by atoms with Crippen LogP contribution in [0.15, 0.2) is 24.3 Å². The maximum atomic E-state index is 13.2. The van der Waals surface area contributed by atoms with Gasteiger partial charge in [0.05, 0.1) is 18.8 Å². The minimum atomic E-state index is -0.415. The summed E-state index contributed by atoms with van der Waals surface area (Å²) in [5.41, 5.74) is 3.15. The van der Waals surface area contributed by atoms with E-state index in [-0.39, 0.29) is 30.3 Å². The molecule has 0 radical (unpaired) electrons. The van der Waals surface area contributed by atoms with Crippen LogP contribution in [-0.4, -0.2) is 54.0 Å². The summed E-state index contributed by atoms with van der Waals surface area (Å²) in [6, 6.07) is 7.73. The number of carbonyl (C=O) groups is 3. The first kappa shape index (κ1) is 26.3. The van der Waals surface area contributed by atoms with Crippen molar-refractivity contribution < 1.29 is 23.9 Å². The number of nitrogens with one attached hydrogen (secondary N) is 2. The number of amides is 2. The molecule has 1 aliphatic rings. The molecule has 8 heteroatoms. The van der Waals surface area contributed by atoms with Gasteiger partial charge in [0.1, 0.15) is 11.4 Å². The number of likely N-dealkylation sites (tertiary alicyclic amines) is 1. The second kappa shape index (κ2) is 11.9. The number of carbonyl (C=O) groups excluding carboxylic acids is 3. The normalized spacial score (nSPS) is 14.9. The Hall–Kier alpha value is -3.29. The van der Waals surface area contributed by atoms with E-state index in [2.05, 4.69) is 10.3 Å². The van der Waals surface area contributed by atoms with Crippen LogP contribution in [0.4, 0.5) is 0 Å². The van der Waals surface area contributed by atoms with Crippen molar-refractivity contribution >= 4 is 17.8 Å². The highest BCUT2D eigenvalue weighted by Crippen LogP contribution is 2.27. The number of ether oxygens (including phenoxy) is 2. The summed E-state index contributed by atoms with van der Waals surface area (Å²) < 4.78 is 10.6. The SMILES string of the molecule is CCOC(=O)c1c(C)[nH]c(C(=O)N2CCC(C(C)C(=O)NCc3ccc(OCC)cc3)CC2)c1C. The highest BCUT2D eigenvalue weighted by atomic mass is 16.5. The zero-order valence-corrected chi connectivity index (χ0v) is 21.4. The van der Waals surface area contributed by atoms with Crippen LogP contribution in [0.1, 0.15) is 71.3 Å². The molecule has 190 valence electrons. The minimum absolute atomic E-state index is 0.0265. The van der Waals surface area contributed by atoms with Gasteiger partial charge in [-0.2, -0.15) is 0 Å². The molecule has 1 fully saturated rings. The Kier molecular flexibility index (Phi) is 8.95. The van der Waals surface area contributed by atoms with Gasteiger partial charge in [0.2, 0.25) is 5.91 Å². The maximum absolute atomic E-state index is 13.2. The molecule has 2 N–H and O–H groups in total. The highest BCUT2D eigenvalue weighted by Gasteiger charge is 2.32. The lowest BCUT2D eigenvalue weighted by Crippen LogP contribution is -2.42. The third-order valence-corrected chi connectivity index (χ3v) is 6.78. The van der Waals surface area contributed by atoms with Gasteiger partial charge >= 0.3 is 5.97 Å². The number of H-pyrrole nitrogens is 1. The molecule has 2 heterocycles. The third-order valence-electron chi connectivity index (χ3n) is 6.78. The zero-order valence-electron chi connectivity index (χ0n) is 21.4. The van der Waals surface area contributed by atoms with Crippen LogP contribution in [0.5, 0.6) is 5.75 Å². The molecule has 1 saturated heterocycles. The van der Waals surface area contributed by atoms with Crippen molar-refractivity contribution in [3.63, 3.8) is 0 Å². The number of hydrogen-bond donors (Lipinski definition) is 2. The van der Waals surface area contributed by atoms with Crippen LogP contribution in [0.3, 0.4) is 0 Å². The molecule has 2 amide bonds. The quantitative estimate of drug-likeness (QED) is 0.525. The fraction of sp³-hybridized carbons (Fsp3) is 0.519. The van der Waals surface area contributed by atoms with Gasteiger partial charge in [-0.05, 0) is 69.7 Å². The number of benzene rings is 1. The van der Waals surface area contributed by atoms with Crippen molar-refractivity contribution in [2.24, 2.45) is 11.8 Å². The highest BCUT2D eigenvalue weighted by molar-refractivity contribution is 6.00. The lowest BCUT2D eigenvalue weighted by Gasteiger charge is -2.34. The summed E-state index contributed by atoms with van der Waals surface area (Å²) in [6.07, 6.45) is 1.51. The Morgan fingerprint density at radius 3 is 2.34 bits per heavy atom. The Balaban J connectivity index is 1.52. The predicted molar refractivity (Wildman–Crippen MR) is 133 cm³/mol. The van der Waals surface area contributed by atoms with Crippen molar-refractivity contribution in [2.75, 3.05) is 26.3 Å². The molecular formula is C27H37N3O5. The van der Waals surface area contributed by atoms with E-state index >= 15 is 0 Å². The van der Waals surface area contributed by atoms with E-state index in [1.165, 1.54) is 0 Å². The first-order valence-corrected chi connectivity index (χ1v) is 12.4. The summed E-state index contributed by atoms with van der Waals surface area (Å²) in [6.45, 7) is 11.7. The number of rotatable bonds is 9. The van der Waals surface area contributed by atoms with E-state index in [1.807, 2.05) is 38.1 Å². The average Bonchev–Trinajstić information content (AvgIpc) is 3.16. The minimum Gasteiger partial charge on any atom is -0.494 e. The average molecular weight is 484 g/mol. The van der Waals surface area contributed by atoms with Crippen LogP contribution in [0.2, 0.25) is 0 Å². The molecule has 0 bridgehead atoms. The van der Waals surface area contributed by atoms with E-state index in [4.69, 9.17) is 9.47 Å². The fourth-order valence-corrected chi connectivity index (χ4v) is 4.67. The van der Waals surface area contributed by atoms with Crippen LogP contribution in [-0.2, 0) is 16.1 Å². The van der Waals surface area contributed by atoms with E-state index in [1.54, 1.807) is 25.7 Å². The molecule has 1 unspecified atom stereocenters. The van der Waals surface area contributed by atoms with Crippen LogP contribution in [0, 0.1) is 25.7 Å². The van der Waals surface area contributed by atoms with E-state index in [9.17, 15) is 14.4 Å². The first-order chi connectivity index (χ1) is 16.8. The lowest BCUT2D eigenvalue weighted by atomic mass is 9.84. The standard InChI is InChI=1S/C27H37N3O5/c1-6-34-22-10-8-20(9-11-22)16-28-25(31)17(3)21-12-14-30(15-13-21)26(32)24-18(4)23(19(5)29-24)27(33)35-7-2/h8-11,17,21,29H,6-7,12-16H2,1-5H3,(H,28,31). The monoisotopic (exact) mass is 483 g/mol. The first-order valence-electron chi connectivity index (χ1n) is 12.4. The largest absolute Gasteiger partial charge is 0.494 e. The van der Waals surface area contributed by atoms with E-state index < -0.39 is 5.97 Å². The van der Waals surface area contributed by atoms with E-state index in [0.29, 0.717) is 48.8 Å². The molecular weight excluding hydrogens is 446 g/mol. The molecule has 35 heavy (non-hydrogen) atoms. The van der Waals surface area contributed by atoms with Gasteiger partial charge in [0.25, 0.3) is 5.91 Å². The van der Waals surface area contributed by atoms with Crippen molar-refractivity contribution in [2.45, 2.75) is 54.0 Å². The molecule has 0 saturated carbocycles. The van der Waals surface area contributed by atoms with Gasteiger partial charge in [0, 0.05) is 31.2 Å². The smallest absolute Gasteiger partial charge is 0.340 e. The number of nitrogens with zero attached hydrogens (tertiary/aromatic N) is 1. The Morgan fingerprint density at radius 1 is 1.09 bits per heavy atom. The summed E-state index contributed by atoms with van der Waals surface area (Å²) in [7, 11) is 0. The second-order valence-electron chi connectivity index (χ2n) is 9.06. The summed E-state index contributed by atoms with van der Waals surface area (Å²) in [5.74, 6) is 0.382. The van der Waals surface area contributed by atoms with Gasteiger partial charge in [0.15, 0.2) is 0 Å². The number of piperidine rings is 1. The molecule has 0 spiro atoms. The number of aromatic nitrogens is 1. The summed E-state index contributed by atoms with van der Waals surface area (Å²) in [4.78, 5) is 43.0. The molecule has 1 aliphatic heterocycles. The number of aryl methyl sites for hydroxylation is 1. The van der Waals surface area contributed by atoms with Crippen LogP contribution < -0.4 is 10.1 Å². The van der Waals surface area contributed by atoms with E-state index in [0.717, 1.165) is 24.2 Å². The van der Waals surface area contributed by atoms with Crippen LogP contribution in [0.25, 0.3) is 0 Å².